The van der Waals surface area contributed by atoms with Crippen LogP contribution < -0.4 is 10.6 Å². The van der Waals surface area contributed by atoms with Gasteiger partial charge in [0.1, 0.15) is 11.6 Å². The van der Waals surface area contributed by atoms with E-state index >= 15 is 0 Å². The Kier molecular flexibility index (Phi) is 7.44. The van der Waals surface area contributed by atoms with Gasteiger partial charge in [0.15, 0.2) is 0 Å². The van der Waals surface area contributed by atoms with Gasteiger partial charge in [0.05, 0.1) is 30.1 Å². The predicted molar refractivity (Wildman–Crippen MR) is 134 cm³/mol. The van der Waals surface area contributed by atoms with Crippen LogP contribution in [0, 0.1) is 23.2 Å². The molecule has 3 amide bonds. The minimum absolute atomic E-state index is 0.00699. The average molecular weight is 494 g/mol. The molecule has 0 aliphatic carbocycles. The topological polar surface area (TPSA) is 108 Å². The first-order chi connectivity index (χ1) is 16.1. The number of carbonyl (C=O) groups excluding carboxylic acids is 3. The molecule has 2 unspecified atom stereocenters. The molecule has 3 aliphatic rings. The minimum Gasteiger partial charge on any atom is -0.394 e. The molecule has 2 bridgehead atoms. The molecule has 8 heteroatoms. The fraction of sp³-hybridized carbons (Fsp3) is 0.889. The zero-order valence-corrected chi connectivity index (χ0v) is 23.2. The zero-order chi connectivity index (χ0) is 26.6. The van der Waals surface area contributed by atoms with Gasteiger partial charge in [-0.15, -0.1) is 0 Å². The first-order valence-electron chi connectivity index (χ1n) is 13.2. The van der Waals surface area contributed by atoms with Crippen molar-refractivity contribution < 1.29 is 24.2 Å². The Morgan fingerprint density at radius 3 is 2.29 bits per heavy atom. The van der Waals surface area contributed by atoms with Crippen LogP contribution in [0.15, 0.2) is 0 Å². The van der Waals surface area contributed by atoms with Gasteiger partial charge in [0.25, 0.3) is 0 Å². The first kappa shape index (κ1) is 27.9. The van der Waals surface area contributed by atoms with Gasteiger partial charge >= 0.3 is 0 Å². The van der Waals surface area contributed by atoms with E-state index in [2.05, 4.69) is 31.4 Å². The molecule has 8 nitrogen and oxygen atoms in total. The fourth-order valence-electron chi connectivity index (χ4n) is 7.49. The number of amides is 3. The van der Waals surface area contributed by atoms with Crippen molar-refractivity contribution in [2.45, 2.75) is 116 Å². The van der Waals surface area contributed by atoms with Gasteiger partial charge in [-0.05, 0) is 57.3 Å². The van der Waals surface area contributed by atoms with Gasteiger partial charge in [-0.1, -0.05) is 41.5 Å². The van der Waals surface area contributed by atoms with Gasteiger partial charge in [-0.3, -0.25) is 14.4 Å². The van der Waals surface area contributed by atoms with Crippen LogP contribution in [-0.4, -0.2) is 70.2 Å². The Morgan fingerprint density at radius 2 is 1.80 bits per heavy atom. The van der Waals surface area contributed by atoms with Crippen molar-refractivity contribution in [2.75, 3.05) is 13.7 Å². The Morgan fingerprint density at radius 1 is 1.17 bits per heavy atom. The number of aliphatic hydroxyl groups is 1. The molecule has 0 saturated carbocycles. The van der Waals surface area contributed by atoms with Gasteiger partial charge < -0.3 is 25.4 Å². The fourth-order valence-corrected chi connectivity index (χ4v) is 7.49. The monoisotopic (exact) mass is 493 g/mol. The maximum Gasteiger partial charge on any atom is 0.246 e. The molecule has 200 valence electrons. The van der Waals surface area contributed by atoms with Crippen molar-refractivity contribution in [1.29, 1.82) is 0 Å². The van der Waals surface area contributed by atoms with Crippen molar-refractivity contribution in [2.24, 2.45) is 23.2 Å². The summed E-state index contributed by atoms with van der Waals surface area (Å²) in [4.78, 5) is 42.9. The molecule has 0 aromatic rings. The van der Waals surface area contributed by atoms with Crippen molar-refractivity contribution in [3.8, 4) is 0 Å². The van der Waals surface area contributed by atoms with E-state index in [0.717, 1.165) is 6.42 Å². The highest BCUT2D eigenvalue weighted by Gasteiger charge is 2.79. The summed E-state index contributed by atoms with van der Waals surface area (Å²) in [5.41, 5.74) is -2.34. The molecule has 3 N–H and O–H groups in total. The Bertz CT molecular complexity index is 850. The quantitative estimate of drug-likeness (QED) is 0.458. The normalized spacial score (nSPS) is 33.3. The lowest BCUT2D eigenvalue weighted by atomic mass is 9.65. The molecule has 1 spiro atoms. The van der Waals surface area contributed by atoms with Crippen LogP contribution in [0.5, 0.6) is 0 Å². The lowest BCUT2D eigenvalue weighted by Crippen LogP contribution is -2.61. The smallest absolute Gasteiger partial charge is 0.246 e. The highest BCUT2D eigenvalue weighted by molar-refractivity contribution is 5.99. The highest BCUT2D eigenvalue weighted by Crippen LogP contribution is 2.64. The summed E-state index contributed by atoms with van der Waals surface area (Å²) in [7, 11) is 1.58. The molecule has 3 heterocycles. The van der Waals surface area contributed by atoms with Crippen LogP contribution >= 0.6 is 0 Å². The largest absolute Gasteiger partial charge is 0.394 e. The van der Waals surface area contributed by atoms with Gasteiger partial charge in [-0.25, -0.2) is 0 Å². The van der Waals surface area contributed by atoms with E-state index in [1.807, 2.05) is 34.6 Å². The third-order valence-electron chi connectivity index (χ3n) is 8.18. The maximum absolute atomic E-state index is 14.1. The third-order valence-corrected chi connectivity index (χ3v) is 8.18. The van der Waals surface area contributed by atoms with E-state index in [0.29, 0.717) is 25.7 Å². The van der Waals surface area contributed by atoms with Crippen LogP contribution in [0.25, 0.3) is 0 Å². The van der Waals surface area contributed by atoms with Gasteiger partial charge in [0, 0.05) is 12.6 Å². The Labute approximate surface area is 210 Å². The van der Waals surface area contributed by atoms with Crippen molar-refractivity contribution in [1.82, 2.24) is 15.5 Å². The number of carbonyl (C=O) groups is 3. The molecule has 3 rings (SSSR count). The van der Waals surface area contributed by atoms with Crippen LogP contribution in [0.2, 0.25) is 0 Å². The number of hydrogen-bond acceptors (Lipinski definition) is 5. The summed E-state index contributed by atoms with van der Waals surface area (Å²) < 4.78 is 6.74. The van der Waals surface area contributed by atoms with Gasteiger partial charge in [-0.2, -0.15) is 0 Å². The standard InChI is InChI=1S/C27H47N3O5/c1-10-26-11-12-27(35-26)19(18(26)21(32)28-9)23(34)30(17(14-31)13-16(2)3)20(27)22(33)29-25(7,8)15-24(4,5)6/h16-20,31H,10-15H2,1-9H3,(H,28,32)(H,29,33)/t17-,18+,19+,20?,26-,27?/m1/s1. The summed E-state index contributed by atoms with van der Waals surface area (Å²) in [6.45, 7) is 16.2. The third kappa shape index (κ3) is 4.73. The summed E-state index contributed by atoms with van der Waals surface area (Å²) in [5.74, 6) is -1.90. The number of ether oxygens (including phenoxy) is 1. The number of fused-ring (bicyclic) bond motifs is 1. The molecule has 0 radical (unpaired) electrons. The number of nitrogens with one attached hydrogen (secondary N) is 2. The van der Waals surface area contributed by atoms with Crippen molar-refractivity contribution >= 4 is 17.7 Å². The molecule has 3 fully saturated rings. The Balaban J connectivity index is 2.10. The van der Waals surface area contributed by atoms with Crippen LogP contribution in [0.3, 0.4) is 0 Å². The molecular formula is C27H47N3O5. The minimum atomic E-state index is -1.07. The maximum atomic E-state index is 14.1. The number of rotatable bonds is 9. The summed E-state index contributed by atoms with van der Waals surface area (Å²) >= 11 is 0. The van der Waals surface area contributed by atoms with Crippen LogP contribution in [-0.2, 0) is 19.1 Å². The van der Waals surface area contributed by atoms with Crippen LogP contribution in [0.1, 0.15) is 87.5 Å². The molecule has 0 aromatic carbocycles. The Hall–Kier alpha value is -1.67. The van der Waals surface area contributed by atoms with E-state index in [9.17, 15) is 19.5 Å². The predicted octanol–water partition coefficient (Wildman–Crippen LogP) is 2.63. The number of nitrogens with zero attached hydrogens (tertiary/aromatic N) is 1. The highest BCUT2D eigenvalue weighted by atomic mass is 16.5. The zero-order valence-electron chi connectivity index (χ0n) is 23.2. The van der Waals surface area contributed by atoms with Crippen molar-refractivity contribution in [3.05, 3.63) is 0 Å². The first-order valence-corrected chi connectivity index (χ1v) is 13.2. The molecular weight excluding hydrogens is 446 g/mol. The molecule has 3 saturated heterocycles. The lowest BCUT2D eigenvalue weighted by molar-refractivity contribution is -0.152. The second-order valence-electron chi connectivity index (χ2n) is 13.3. The molecule has 0 aromatic heterocycles. The van der Waals surface area contributed by atoms with E-state index in [1.165, 1.54) is 0 Å². The lowest BCUT2D eigenvalue weighted by Gasteiger charge is -2.40. The molecule has 35 heavy (non-hydrogen) atoms. The summed E-state index contributed by atoms with van der Waals surface area (Å²) in [6.07, 6.45) is 3.07. The van der Waals surface area contributed by atoms with E-state index in [4.69, 9.17) is 4.74 Å². The number of likely N-dealkylation sites (tertiary alicyclic amines) is 1. The van der Waals surface area contributed by atoms with Gasteiger partial charge in [0.2, 0.25) is 17.7 Å². The summed E-state index contributed by atoms with van der Waals surface area (Å²) in [5, 5.41) is 16.3. The molecule has 3 aliphatic heterocycles. The number of aliphatic hydroxyl groups excluding tert-OH is 1. The average Bonchev–Trinajstić information content (AvgIpc) is 3.32. The van der Waals surface area contributed by atoms with E-state index < -0.39 is 40.7 Å². The SMILES string of the molecule is CC[C@]12CCC3(O1)C(C(=O)NC(C)(C)CC(C)(C)C)N([C@@H](CO)CC(C)C)C(=O)[C@@H]3[C@H]2C(=O)NC. The van der Waals surface area contributed by atoms with E-state index in [-0.39, 0.29) is 35.7 Å². The second kappa shape index (κ2) is 9.33. The van der Waals surface area contributed by atoms with E-state index in [1.54, 1.807) is 11.9 Å². The second-order valence-corrected chi connectivity index (χ2v) is 13.3. The summed E-state index contributed by atoms with van der Waals surface area (Å²) in [6, 6.07) is -1.41. The number of hydrogen-bond donors (Lipinski definition) is 3. The van der Waals surface area contributed by atoms with Crippen molar-refractivity contribution in [3.63, 3.8) is 0 Å². The van der Waals surface area contributed by atoms with Crippen LogP contribution in [0.4, 0.5) is 0 Å². The molecule has 6 atom stereocenters.